The lowest BCUT2D eigenvalue weighted by Crippen LogP contribution is -2.34. The van der Waals surface area contributed by atoms with Crippen LogP contribution in [0.4, 0.5) is 0 Å². The van der Waals surface area contributed by atoms with Crippen molar-refractivity contribution in [1.29, 1.82) is 0 Å². The summed E-state index contributed by atoms with van der Waals surface area (Å²) in [7, 11) is 3.47. The summed E-state index contributed by atoms with van der Waals surface area (Å²) < 4.78 is 5.22. The number of nitrogens with zero attached hydrogens (tertiary/aromatic N) is 1. The molecule has 0 heterocycles. The van der Waals surface area contributed by atoms with Gasteiger partial charge in [0.05, 0.1) is 7.11 Å². The van der Waals surface area contributed by atoms with Crippen molar-refractivity contribution in [3.63, 3.8) is 0 Å². The molecule has 2 rings (SSSR count). The van der Waals surface area contributed by atoms with Crippen LogP contribution in [0.3, 0.4) is 0 Å². The van der Waals surface area contributed by atoms with Crippen LogP contribution in [-0.4, -0.2) is 31.5 Å². The van der Waals surface area contributed by atoms with Crippen LogP contribution < -0.4 is 10.5 Å². The molecular formula is C17H22N2O2. The lowest BCUT2D eigenvalue weighted by Gasteiger charge is -2.21. The summed E-state index contributed by atoms with van der Waals surface area (Å²) in [5, 5.41) is 2.27. The predicted octanol–water partition coefficient (Wildman–Crippen LogP) is 2.40. The Hall–Kier alpha value is -2.07. The fourth-order valence-electron chi connectivity index (χ4n) is 2.33. The molecule has 0 spiro atoms. The van der Waals surface area contributed by atoms with Crippen LogP contribution in [0.5, 0.6) is 5.75 Å². The van der Waals surface area contributed by atoms with Gasteiger partial charge in [0.15, 0.2) is 0 Å². The van der Waals surface area contributed by atoms with Gasteiger partial charge < -0.3 is 15.4 Å². The molecule has 4 nitrogen and oxygen atoms in total. The highest BCUT2D eigenvalue weighted by atomic mass is 16.5. The summed E-state index contributed by atoms with van der Waals surface area (Å²) in [6.45, 7) is 2.82. The van der Waals surface area contributed by atoms with Crippen molar-refractivity contribution in [2.45, 2.75) is 13.5 Å². The number of carbonyl (C=O) groups is 1. The molecular weight excluding hydrogens is 264 g/mol. The fourth-order valence-corrected chi connectivity index (χ4v) is 2.33. The molecule has 0 radical (unpaired) electrons. The van der Waals surface area contributed by atoms with E-state index in [1.54, 1.807) is 12.0 Å². The predicted molar refractivity (Wildman–Crippen MR) is 85.2 cm³/mol. The van der Waals surface area contributed by atoms with Crippen molar-refractivity contribution in [3.05, 3.63) is 42.0 Å². The van der Waals surface area contributed by atoms with Gasteiger partial charge in [0.2, 0.25) is 5.91 Å². The molecule has 0 saturated carbocycles. The van der Waals surface area contributed by atoms with E-state index in [0.29, 0.717) is 13.1 Å². The zero-order valence-corrected chi connectivity index (χ0v) is 12.8. The Kier molecular flexibility index (Phi) is 4.81. The fraction of sp³-hybridized carbons (Fsp3) is 0.353. The number of ether oxygens (including phenoxy) is 1. The molecule has 0 fully saturated rings. The molecule has 0 aromatic heterocycles. The van der Waals surface area contributed by atoms with Crippen LogP contribution in [0.15, 0.2) is 36.4 Å². The summed E-state index contributed by atoms with van der Waals surface area (Å²) >= 11 is 0. The summed E-state index contributed by atoms with van der Waals surface area (Å²) in [6, 6.07) is 12.2. The van der Waals surface area contributed by atoms with Gasteiger partial charge in [-0.05, 0) is 34.5 Å². The molecule has 2 aromatic rings. The van der Waals surface area contributed by atoms with E-state index < -0.39 is 0 Å². The van der Waals surface area contributed by atoms with Gasteiger partial charge >= 0.3 is 0 Å². The molecule has 0 bridgehead atoms. The van der Waals surface area contributed by atoms with Crippen molar-refractivity contribution < 1.29 is 9.53 Å². The largest absolute Gasteiger partial charge is 0.497 e. The molecule has 1 atom stereocenters. The van der Waals surface area contributed by atoms with E-state index in [0.717, 1.165) is 22.1 Å². The average molecular weight is 286 g/mol. The maximum Gasteiger partial charge on any atom is 0.226 e. The summed E-state index contributed by atoms with van der Waals surface area (Å²) in [5.41, 5.74) is 6.65. The third-order valence-corrected chi connectivity index (χ3v) is 3.68. The first kappa shape index (κ1) is 15.3. The van der Waals surface area contributed by atoms with Crippen molar-refractivity contribution in [2.75, 3.05) is 20.7 Å². The number of benzene rings is 2. The minimum absolute atomic E-state index is 0.0762. The van der Waals surface area contributed by atoms with Gasteiger partial charge in [-0.1, -0.05) is 25.1 Å². The van der Waals surface area contributed by atoms with E-state index in [9.17, 15) is 4.79 Å². The molecule has 112 valence electrons. The van der Waals surface area contributed by atoms with E-state index in [-0.39, 0.29) is 11.8 Å². The summed E-state index contributed by atoms with van der Waals surface area (Å²) in [5.74, 6) is 0.784. The molecule has 0 saturated heterocycles. The molecule has 1 unspecified atom stereocenters. The standard InChI is InChI=1S/C17H22N2O2/c1-12(10-18)17(20)19(2)11-13-4-5-15-9-16(21-3)7-6-14(15)8-13/h4-9,12H,10-11,18H2,1-3H3. The molecule has 0 aliphatic carbocycles. The van der Waals surface area contributed by atoms with Crippen LogP contribution in [0.2, 0.25) is 0 Å². The first-order valence-electron chi connectivity index (χ1n) is 7.07. The van der Waals surface area contributed by atoms with Crippen molar-refractivity contribution in [3.8, 4) is 5.75 Å². The summed E-state index contributed by atoms with van der Waals surface area (Å²) in [4.78, 5) is 13.8. The van der Waals surface area contributed by atoms with Crippen LogP contribution in [0.25, 0.3) is 10.8 Å². The van der Waals surface area contributed by atoms with Crippen LogP contribution in [0, 0.1) is 5.92 Å². The Labute approximate surface area is 125 Å². The Morgan fingerprint density at radius 3 is 2.57 bits per heavy atom. The number of amides is 1. The number of carbonyl (C=O) groups excluding carboxylic acids is 1. The average Bonchev–Trinajstić information content (AvgIpc) is 2.52. The van der Waals surface area contributed by atoms with Gasteiger partial charge in [0.25, 0.3) is 0 Å². The first-order chi connectivity index (χ1) is 10.0. The maximum atomic E-state index is 12.1. The van der Waals surface area contributed by atoms with Crippen LogP contribution in [0.1, 0.15) is 12.5 Å². The van der Waals surface area contributed by atoms with E-state index in [4.69, 9.17) is 10.5 Å². The maximum absolute atomic E-state index is 12.1. The van der Waals surface area contributed by atoms with E-state index in [1.807, 2.05) is 38.2 Å². The normalized spacial score (nSPS) is 12.2. The van der Waals surface area contributed by atoms with Gasteiger partial charge in [-0.3, -0.25) is 4.79 Å². The molecule has 21 heavy (non-hydrogen) atoms. The zero-order valence-electron chi connectivity index (χ0n) is 12.8. The molecule has 0 aliphatic heterocycles. The number of rotatable bonds is 5. The second-order valence-electron chi connectivity index (χ2n) is 5.38. The first-order valence-corrected chi connectivity index (χ1v) is 7.07. The third kappa shape index (κ3) is 3.52. The molecule has 0 aliphatic rings. The highest BCUT2D eigenvalue weighted by molar-refractivity contribution is 5.84. The van der Waals surface area contributed by atoms with Gasteiger partial charge in [-0.25, -0.2) is 0 Å². The minimum Gasteiger partial charge on any atom is -0.497 e. The Balaban J connectivity index is 2.18. The zero-order chi connectivity index (χ0) is 15.4. The number of fused-ring (bicyclic) bond motifs is 1. The number of nitrogens with two attached hydrogens (primary N) is 1. The van der Waals surface area contributed by atoms with Gasteiger partial charge in [0.1, 0.15) is 5.75 Å². The SMILES string of the molecule is COc1ccc2cc(CN(C)C(=O)C(C)CN)ccc2c1. The van der Waals surface area contributed by atoms with E-state index in [1.165, 1.54) is 0 Å². The topological polar surface area (TPSA) is 55.6 Å². The van der Waals surface area contributed by atoms with E-state index in [2.05, 4.69) is 12.1 Å². The van der Waals surface area contributed by atoms with Crippen LogP contribution >= 0.6 is 0 Å². The summed E-state index contributed by atoms with van der Waals surface area (Å²) in [6.07, 6.45) is 0. The van der Waals surface area contributed by atoms with Gasteiger partial charge in [-0.2, -0.15) is 0 Å². The lowest BCUT2D eigenvalue weighted by atomic mass is 10.1. The molecule has 2 aromatic carbocycles. The van der Waals surface area contributed by atoms with Crippen molar-refractivity contribution >= 4 is 16.7 Å². The van der Waals surface area contributed by atoms with Gasteiger partial charge in [0, 0.05) is 26.1 Å². The van der Waals surface area contributed by atoms with Gasteiger partial charge in [-0.15, -0.1) is 0 Å². The quantitative estimate of drug-likeness (QED) is 0.918. The Morgan fingerprint density at radius 2 is 1.90 bits per heavy atom. The molecule has 1 amide bonds. The Bertz CT molecular complexity index is 640. The minimum atomic E-state index is -0.139. The number of hydrogen-bond acceptors (Lipinski definition) is 3. The second-order valence-corrected chi connectivity index (χ2v) is 5.38. The van der Waals surface area contributed by atoms with Crippen molar-refractivity contribution in [2.24, 2.45) is 11.7 Å². The number of methoxy groups -OCH3 is 1. The molecule has 2 N–H and O–H groups in total. The lowest BCUT2D eigenvalue weighted by molar-refractivity contribution is -0.133. The monoisotopic (exact) mass is 286 g/mol. The number of hydrogen-bond donors (Lipinski definition) is 1. The highest BCUT2D eigenvalue weighted by Crippen LogP contribution is 2.22. The second kappa shape index (κ2) is 6.59. The van der Waals surface area contributed by atoms with Crippen LogP contribution in [-0.2, 0) is 11.3 Å². The van der Waals surface area contributed by atoms with E-state index >= 15 is 0 Å². The Morgan fingerprint density at radius 1 is 1.24 bits per heavy atom. The van der Waals surface area contributed by atoms with Crippen molar-refractivity contribution in [1.82, 2.24) is 4.90 Å². The third-order valence-electron chi connectivity index (χ3n) is 3.68. The smallest absolute Gasteiger partial charge is 0.226 e. The molecule has 4 heteroatoms. The highest BCUT2D eigenvalue weighted by Gasteiger charge is 2.16.